The third kappa shape index (κ3) is 3.46. The van der Waals surface area contributed by atoms with Gasteiger partial charge in [0.2, 0.25) is 0 Å². The molecule has 1 fully saturated rings. The lowest BCUT2D eigenvalue weighted by Gasteiger charge is -2.32. The fraction of sp³-hybridized carbons (Fsp3) is 0.462. The zero-order chi connectivity index (χ0) is 13.3. The SMILES string of the molecule is Cc1ccc(F)c(C(=O)N2CCN[C@@H](C)C2)c1Br.Cl. The quantitative estimate of drug-likeness (QED) is 0.844. The maximum atomic E-state index is 13.8. The van der Waals surface area contributed by atoms with Gasteiger partial charge in [0.05, 0.1) is 5.56 Å². The van der Waals surface area contributed by atoms with Gasteiger partial charge in [0.25, 0.3) is 5.91 Å². The first kappa shape index (κ1) is 16.4. The zero-order valence-corrected chi connectivity index (χ0v) is 13.3. The van der Waals surface area contributed by atoms with Crippen LogP contribution in [0.1, 0.15) is 22.8 Å². The lowest BCUT2D eigenvalue weighted by molar-refractivity contribution is 0.0703. The second-order valence-electron chi connectivity index (χ2n) is 4.66. The minimum Gasteiger partial charge on any atom is -0.336 e. The second kappa shape index (κ2) is 6.68. The van der Waals surface area contributed by atoms with Crippen LogP contribution in [0.25, 0.3) is 0 Å². The van der Waals surface area contributed by atoms with Gasteiger partial charge < -0.3 is 10.2 Å². The molecule has 2 rings (SSSR count). The molecule has 6 heteroatoms. The molecule has 1 aromatic rings. The van der Waals surface area contributed by atoms with Gasteiger partial charge in [0.1, 0.15) is 5.82 Å². The highest BCUT2D eigenvalue weighted by atomic mass is 79.9. The van der Waals surface area contributed by atoms with Crippen molar-refractivity contribution >= 4 is 34.2 Å². The smallest absolute Gasteiger partial charge is 0.258 e. The number of benzene rings is 1. The van der Waals surface area contributed by atoms with Gasteiger partial charge in [-0.15, -0.1) is 12.4 Å². The highest BCUT2D eigenvalue weighted by molar-refractivity contribution is 9.10. The van der Waals surface area contributed by atoms with Crippen LogP contribution in [0.4, 0.5) is 4.39 Å². The van der Waals surface area contributed by atoms with Crippen molar-refractivity contribution < 1.29 is 9.18 Å². The molecule has 1 amide bonds. The first-order chi connectivity index (χ1) is 8.50. The molecule has 1 aliphatic rings. The molecule has 1 N–H and O–H groups in total. The number of piperazine rings is 1. The van der Waals surface area contributed by atoms with Crippen molar-refractivity contribution in [3.8, 4) is 0 Å². The number of carbonyl (C=O) groups excluding carboxylic acids is 1. The van der Waals surface area contributed by atoms with Crippen molar-refractivity contribution in [2.24, 2.45) is 0 Å². The third-order valence-electron chi connectivity index (χ3n) is 3.15. The summed E-state index contributed by atoms with van der Waals surface area (Å²) in [5, 5.41) is 3.26. The molecular weight excluding hydrogens is 335 g/mol. The number of carbonyl (C=O) groups is 1. The first-order valence-electron chi connectivity index (χ1n) is 5.98. The van der Waals surface area contributed by atoms with Gasteiger partial charge in [-0.05, 0) is 41.4 Å². The molecule has 1 aliphatic heterocycles. The minimum absolute atomic E-state index is 0. The predicted molar refractivity (Wildman–Crippen MR) is 79.5 cm³/mol. The number of rotatable bonds is 1. The van der Waals surface area contributed by atoms with Gasteiger partial charge in [0, 0.05) is 30.1 Å². The Morgan fingerprint density at radius 2 is 2.21 bits per heavy atom. The monoisotopic (exact) mass is 350 g/mol. The van der Waals surface area contributed by atoms with E-state index in [-0.39, 0.29) is 29.9 Å². The summed E-state index contributed by atoms with van der Waals surface area (Å²) in [5.41, 5.74) is 1.01. The van der Waals surface area contributed by atoms with Gasteiger partial charge in [-0.3, -0.25) is 4.79 Å². The Labute approximate surface area is 127 Å². The van der Waals surface area contributed by atoms with Crippen LogP contribution in [-0.2, 0) is 0 Å². The Morgan fingerprint density at radius 1 is 1.53 bits per heavy atom. The Bertz CT molecular complexity index is 484. The zero-order valence-electron chi connectivity index (χ0n) is 10.9. The van der Waals surface area contributed by atoms with Crippen molar-refractivity contribution in [1.82, 2.24) is 10.2 Å². The molecule has 0 bridgehead atoms. The summed E-state index contributed by atoms with van der Waals surface area (Å²) < 4.78 is 14.4. The Balaban J connectivity index is 0.00000180. The van der Waals surface area contributed by atoms with Crippen molar-refractivity contribution in [3.63, 3.8) is 0 Å². The Morgan fingerprint density at radius 3 is 2.84 bits per heavy atom. The van der Waals surface area contributed by atoms with Gasteiger partial charge in [0.15, 0.2) is 0 Å². The lowest BCUT2D eigenvalue weighted by atomic mass is 10.1. The largest absolute Gasteiger partial charge is 0.336 e. The summed E-state index contributed by atoms with van der Waals surface area (Å²) in [7, 11) is 0. The van der Waals surface area contributed by atoms with Crippen LogP contribution in [-0.4, -0.2) is 36.5 Å². The maximum Gasteiger partial charge on any atom is 0.258 e. The molecule has 0 aromatic heterocycles. The van der Waals surface area contributed by atoms with Crippen molar-refractivity contribution in [2.75, 3.05) is 19.6 Å². The van der Waals surface area contributed by atoms with Gasteiger partial charge in [-0.2, -0.15) is 0 Å². The molecule has 19 heavy (non-hydrogen) atoms. The summed E-state index contributed by atoms with van der Waals surface area (Å²) in [6.07, 6.45) is 0. The van der Waals surface area contributed by atoms with E-state index in [1.807, 2.05) is 13.8 Å². The molecule has 0 unspecified atom stereocenters. The summed E-state index contributed by atoms with van der Waals surface area (Å²) in [6.45, 7) is 5.83. The Kier molecular flexibility index (Phi) is 5.77. The maximum absolute atomic E-state index is 13.8. The average molecular weight is 352 g/mol. The molecule has 0 spiro atoms. The number of hydrogen-bond donors (Lipinski definition) is 1. The van der Waals surface area contributed by atoms with E-state index in [4.69, 9.17) is 0 Å². The fourth-order valence-electron chi connectivity index (χ4n) is 2.13. The first-order valence-corrected chi connectivity index (χ1v) is 6.77. The van der Waals surface area contributed by atoms with Crippen LogP contribution in [0.15, 0.2) is 16.6 Å². The summed E-state index contributed by atoms with van der Waals surface area (Å²) in [5.74, 6) is -0.708. The summed E-state index contributed by atoms with van der Waals surface area (Å²) >= 11 is 3.31. The number of nitrogens with zero attached hydrogens (tertiary/aromatic N) is 1. The van der Waals surface area contributed by atoms with E-state index in [1.54, 1.807) is 11.0 Å². The van der Waals surface area contributed by atoms with E-state index in [1.165, 1.54) is 6.07 Å². The van der Waals surface area contributed by atoms with Crippen LogP contribution in [0.5, 0.6) is 0 Å². The number of hydrogen-bond acceptors (Lipinski definition) is 2. The van der Waals surface area contributed by atoms with E-state index >= 15 is 0 Å². The van der Waals surface area contributed by atoms with Gasteiger partial charge in [-0.1, -0.05) is 6.07 Å². The topological polar surface area (TPSA) is 32.3 Å². The van der Waals surface area contributed by atoms with Crippen molar-refractivity contribution in [3.05, 3.63) is 33.5 Å². The van der Waals surface area contributed by atoms with Crippen molar-refractivity contribution in [2.45, 2.75) is 19.9 Å². The molecule has 0 saturated carbocycles. The van der Waals surface area contributed by atoms with E-state index in [0.717, 1.165) is 12.1 Å². The van der Waals surface area contributed by atoms with Gasteiger partial charge >= 0.3 is 0 Å². The minimum atomic E-state index is -0.469. The normalized spacial score (nSPS) is 18.9. The highest BCUT2D eigenvalue weighted by Gasteiger charge is 2.26. The molecule has 0 aliphatic carbocycles. The standard InChI is InChI=1S/C13H16BrFN2O.ClH/c1-8-3-4-10(15)11(12(8)14)13(18)17-6-5-16-9(2)7-17;/h3-4,9,16H,5-7H2,1-2H3;1H/t9-;/m0./s1. The summed E-state index contributed by atoms with van der Waals surface area (Å²) in [6, 6.07) is 3.25. The van der Waals surface area contributed by atoms with Crippen LogP contribution in [0.3, 0.4) is 0 Å². The van der Waals surface area contributed by atoms with E-state index in [9.17, 15) is 9.18 Å². The molecular formula is C13H17BrClFN2O. The molecule has 0 radical (unpaired) electrons. The molecule has 1 aromatic carbocycles. The number of aryl methyl sites for hydroxylation is 1. The number of halogens is 3. The molecule has 106 valence electrons. The number of nitrogens with one attached hydrogen (secondary N) is 1. The molecule has 1 heterocycles. The summed E-state index contributed by atoms with van der Waals surface area (Å²) in [4.78, 5) is 14.1. The van der Waals surface area contributed by atoms with E-state index in [2.05, 4.69) is 21.2 Å². The van der Waals surface area contributed by atoms with Gasteiger partial charge in [-0.25, -0.2) is 4.39 Å². The van der Waals surface area contributed by atoms with Crippen LogP contribution in [0.2, 0.25) is 0 Å². The van der Waals surface area contributed by atoms with Crippen LogP contribution < -0.4 is 5.32 Å². The lowest BCUT2D eigenvalue weighted by Crippen LogP contribution is -2.51. The second-order valence-corrected chi connectivity index (χ2v) is 5.45. The molecule has 3 nitrogen and oxygen atoms in total. The highest BCUT2D eigenvalue weighted by Crippen LogP contribution is 2.25. The Hall–Kier alpha value is -0.650. The predicted octanol–water partition coefficient (Wildman–Crippen LogP) is 2.75. The van der Waals surface area contributed by atoms with E-state index in [0.29, 0.717) is 17.6 Å². The van der Waals surface area contributed by atoms with Crippen molar-refractivity contribution in [1.29, 1.82) is 0 Å². The fourth-order valence-corrected chi connectivity index (χ4v) is 2.62. The van der Waals surface area contributed by atoms with E-state index < -0.39 is 5.82 Å². The average Bonchev–Trinajstić information content (AvgIpc) is 2.34. The van der Waals surface area contributed by atoms with Crippen LogP contribution in [0, 0.1) is 12.7 Å². The van der Waals surface area contributed by atoms with Crippen LogP contribution >= 0.6 is 28.3 Å². The molecule has 1 atom stereocenters. The third-order valence-corrected chi connectivity index (χ3v) is 4.18. The molecule has 1 saturated heterocycles. The number of amides is 1.